The molecule has 0 saturated heterocycles. The standard InChI is InChI=1S/C24H31NO2/c1-24(2,3)15-19(26)12-16-10-17-13-20(14-18(17)11-16)27-23-8-9-25-22-7-5-4-6-21(22)23/h4-9,16-18,20H,10-15H2,1-3H3/t16?,17-,18+,20?. The average Bonchev–Trinajstić information content (AvgIpc) is 3.11. The quantitative estimate of drug-likeness (QED) is 0.671. The maximum absolute atomic E-state index is 12.3. The van der Waals surface area contributed by atoms with Gasteiger partial charge in [0.05, 0.1) is 11.6 Å². The Morgan fingerprint density at radius 3 is 2.48 bits per heavy atom. The van der Waals surface area contributed by atoms with Crippen LogP contribution in [0.5, 0.6) is 5.75 Å². The van der Waals surface area contributed by atoms with Crippen molar-refractivity contribution in [3.8, 4) is 5.75 Å². The topological polar surface area (TPSA) is 39.2 Å². The maximum atomic E-state index is 12.3. The number of nitrogens with zero attached hydrogens (tertiary/aromatic N) is 1. The van der Waals surface area contributed by atoms with Crippen LogP contribution >= 0.6 is 0 Å². The van der Waals surface area contributed by atoms with E-state index in [4.69, 9.17) is 4.74 Å². The van der Waals surface area contributed by atoms with E-state index in [0.29, 0.717) is 24.2 Å². The molecule has 0 bridgehead atoms. The molecule has 1 aromatic heterocycles. The first-order chi connectivity index (χ1) is 12.9. The van der Waals surface area contributed by atoms with Crippen molar-refractivity contribution in [2.24, 2.45) is 23.2 Å². The minimum Gasteiger partial charge on any atom is -0.490 e. The fourth-order valence-electron chi connectivity index (χ4n) is 5.29. The number of aromatic nitrogens is 1. The number of pyridine rings is 1. The second-order valence-corrected chi connectivity index (χ2v) is 9.88. The molecule has 0 aliphatic heterocycles. The predicted molar refractivity (Wildman–Crippen MR) is 109 cm³/mol. The number of Topliss-reactive ketones (excluding diaryl/α,β-unsaturated/α-hetero) is 1. The average molecular weight is 366 g/mol. The normalized spacial score (nSPS) is 27.7. The van der Waals surface area contributed by atoms with Crippen molar-refractivity contribution in [3.05, 3.63) is 36.5 Å². The van der Waals surface area contributed by atoms with E-state index >= 15 is 0 Å². The molecule has 1 heterocycles. The van der Waals surface area contributed by atoms with Crippen LogP contribution in [0.25, 0.3) is 10.9 Å². The fraction of sp³-hybridized carbons (Fsp3) is 0.583. The van der Waals surface area contributed by atoms with Crippen molar-refractivity contribution in [1.82, 2.24) is 4.98 Å². The molecule has 144 valence electrons. The summed E-state index contributed by atoms with van der Waals surface area (Å²) in [5.41, 5.74) is 1.10. The largest absolute Gasteiger partial charge is 0.490 e. The van der Waals surface area contributed by atoms with Gasteiger partial charge >= 0.3 is 0 Å². The van der Waals surface area contributed by atoms with Gasteiger partial charge in [-0.1, -0.05) is 32.9 Å². The number of hydrogen-bond donors (Lipinski definition) is 0. The summed E-state index contributed by atoms with van der Waals surface area (Å²) in [6.45, 7) is 6.46. The summed E-state index contributed by atoms with van der Waals surface area (Å²) in [6, 6.07) is 10.2. The van der Waals surface area contributed by atoms with Gasteiger partial charge in [0.15, 0.2) is 0 Å². The first-order valence-corrected chi connectivity index (χ1v) is 10.4. The van der Waals surface area contributed by atoms with Crippen molar-refractivity contribution in [2.45, 2.75) is 65.4 Å². The predicted octanol–water partition coefficient (Wildman–Crippen LogP) is 5.81. The Bertz CT molecular complexity index is 803. The smallest absolute Gasteiger partial charge is 0.133 e. The molecule has 2 unspecified atom stereocenters. The second kappa shape index (κ2) is 7.26. The highest BCUT2D eigenvalue weighted by Gasteiger charge is 2.43. The van der Waals surface area contributed by atoms with Gasteiger partial charge in [-0.2, -0.15) is 0 Å². The molecule has 3 nitrogen and oxygen atoms in total. The van der Waals surface area contributed by atoms with Crippen LogP contribution in [0, 0.1) is 23.2 Å². The lowest BCUT2D eigenvalue weighted by molar-refractivity contribution is -0.121. The number of rotatable bonds is 5. The summed E-state index contributed by atoms with van der Waals surface area (Å²) in [7, 11) is 0. The van der Waals surface area contributed by atoms with E-state index in [0.717, 1.165) is 47.8 Å². The van der Waals surface area contributed by atoms with Crippen LogP contribution in [0.15, 0.2) is 36.5 Å². The molecule has 3 heteroatoms. The summed E-state index contributed by atoms with van der Waals surface area (Å²) in [5.74, 6) is 3.47. The molecule has 1 aromatic carbocycles. The van der Waals surface area contributed by atoms with Gasteiger partial charge in [-0.3, -0.25) is 9.78 Å². The third kappa shape index (κ3) is 4.34. The molecule has 2 saturated carbocycles. The van der Waals surface area contributed by atoms with Crippen LogP contribution < -0.4 is 4.74 Å². The summed E-state index contributed by atoms with van der Waals surface area (Å²) >= 11 is 0. The van der Waals surface area contributed by atoms with Crippen LogP contribution in [0.3, 0.4) is 0 Å². The molecule has 0 N–H and O–H groups in total. The Kier molecular flexibility index (Phi) is 4.96. The van der Waals surface area contributed by atoms with Crippen LogP contribution in [0.2, 0.25) is 0 Å². The van der Waals surface area contributed by atoms with Gasteiger partial charge in [0.2, 0.25) is 0 Å². The van der Waals surface area contributed by atoms with E-state index in [1.807, 2.05) is 30.5 Å². The number of carbonyl (C=O) groups is 1. The lowest BCUT2D eigenvalue weighted by atomic mass is 9.86. The van der Waals surface area contributed by atoms with Crippen molar-refractivity contribution >= 4 is 16.7 Å². The van der Waals surface area contributed by atoms with Crippen LogP contribution in [0.1, 0.15) is 59.3 Å². The first kappa shape index (κ1) is 18.5. The molecule has 4 rings (SSSR count). The molecule has 27 heavy (non-hydrogen) atoms. The summed E-state index contributed by atoms with van der Waals surface area (Å²) in [4.78, 5) is 16.8. The zero-order valence-electron chi connectivity index (χ0n) is 16.8. The Hall–Kier alpha value is -1.90. The Morgan fingerprint density at radius 1 is 1.07 bits per heavy atom. The minimum atomic E-state index is 0.109. The number of fused-ring (bicyclic) bond motifs is 2. The van der Waals surface area contributed by atoms with E-state index in [1.165, 1.54) is 12.8 Å². The highest BCUT2D eigenvalue weighted by atomic mass is 16.5. The molecular formula is C24H31NO2. The molecule has 2 aliphatic rings. The van der Waals surface area contributed by atoms with Gasteiger partial charge in [-0.05, 0) is 67.1 Å². The molecule has 0 radical (unpaired) electrons. The first-order valence-electron chi connectivity index (χ1n) is 10.4. The monoisotopic (exact) mass is 365 g/mol. The molecule has 2 aliphatic carbocycles. The Morgan fingerprint density at radius 2 is 1.78 bits per heavy atom. The van der Waals surface area contributed by atoms with Gasteiger partial charge < -0.3 is 4.74 Å². The van der Waals surface area contributed by atoms with Crippen molar-refractivity contribution in [3.63, 3.8) is 0 Å². The molecule has 4 atom stereocenters. The Balaban J connectivity index is 1.33. The van der Waals surface area contributed by atoms with Gasteiger partial charge in [0.1, 0.15) is 11.5 Å². The zero-order chi connectivity index (χ0) is 19.0. The molecule has 0 spiro atoms. The number of benzene rings is 1. The van der Waals surface area contributed by atoms with Gasteiger partial charge in [-0.25, -0.2) is 0 Å². The molecule has 2 aromatic rings. The number of carbonyl (C=O) groups excluding carboxylic acids is 1. The van der Waals surface area contributed by atoms with E-state index < -0.39 is 0 Å². The summed E-state index contributed by atoms with van der Waals surface area (Å²) < 4.78 is 6.40. The van der Waals surface area contributed by atoms with Gasteiger partial charge in [0.25, 0.3) is 0 Å². The van der Waals surface area contributed by atoms with Crippen molar-refractivity contribution < 1.29 is 9.53 Å². The van der Waals surface area contributed by atoms with E-state index in [-0.39, 0.29) is 5.41 Å². The minimum absolute atomic E-state index is 0.109. The number of hydrogen-bond acceptors (Lipinski definition) is 3. The van der Waals surface area contributed by atoms with Crippen molar-refractivity contribution in [1.29, 1.82) is 0 Å². The fourth-order valence-corrected chi connectivity index (χ4v) is 5.29. The van der Waals surface area contributed by atoms with Gasteiger partial charge in [-0.15, -0.1) is 0 Å². The molecule has 2 fully saturated rings. The SMILES string of the molecule is CC(C)(C)CC(=O)CC1C[C@@H]2CC(Oc3ccnc4ccccc34)C[C@@H]2C1. The van der Waals surface area contributed by atoms with E-state index in [9.17, 15) is 4.79 Å². The third-order valence-corrected chi connectivity index (χ3v) is 6.22. The van der Waals surface area contributed by atoms with E-state index in [2.05, 4.69) is 31.8 Å². The lowest BCUT2D eigenvalue weighted by Crippen LogP contribution is -2.17. The van der Waals surface area contributed by atoms with E-state index in [1.54, 1.807) is 0 Å². The van der Waals surface area contributed by atoms with Crippen LogP contribution in [-0.2, 0) is 4.79 Å². The number of para-hydroxylation sites is 1. The molecular weight excluding hydrogens is 334 g/mol. The zero-order valence-corrected chi connectivity index (χ0v) is 16.8. The highest BCUT2D eigenvalue weighted by molar-refractivity contribution is 5.84. The third-order valence-electron chi connectivity index (χ3n) is 6.22. The van der Waals surface area contributed by atoms with Gasteiger partial charge in [0, 0.05) is 24.4 Å². The number of ether oxygens (including phenoxy) is 1. The lowest BCUT2D eigenvalue weighted by Gasteiger charge is -2.20. The summed E-state index contributed by atoms with van der Waals surface area (Å²) in [6.07, 6.45) is 8.30. The van der Waals surface area contributed by atoms with Crippen LogP contribution in [0.4, 0.5) is 0 Å². The maximum Gasteiger partial charge on any atom is 0.133 e. The van der Waals surface area contributed by atoms with Crippen molar-refractivity contribution in [2.75, 3.05) is 0 Å². The Labute approximate surface area is 162 Å². The number of ketones is 1. The summed E-state index contributed by atoms with van der Waals surface area (Å²) in [5, 5.41) is 1.10. The second-order valence-electron chi connectivity index (χ2n) is 9.88. The highest BCUT2D eigenvalue weighted by Crippen LogP contribution is 2.49. The van der Waals surface area contributed by atoms with Crippen LogP contribution in [-0.4, -0.2) is 16.9 Å². The molecule has 0 amide bonds.